The number of hydrogen-bond donors (Lipinski definition) is 14. The van der Waals surface area contributed by atoms with E-state index >= 15 is 0 Å². The van der Waals surface area contributed by atoms with Crippen molar-refractivity contribution < 1.29 is 48.6 Å². The average molecular weight is 844 g/mol. The standard InChI is InChI=1S/C36H69N13O10/c1-21(2)18-22(40)30(53)46-24(11-4-7-15-38)32(55)48-25(12-5-8-16-39)33(56)47-23(10-3-6-14-37)31(54)44-20-28(50)45-27(19-29(51)52)34(57)49-26(35(58)59)13-9-17-43-36(41)42/h21-27H,3-20,37-40H2,1-2H3,(H,44,54)(H,45,50)(H,46,53)(H,47,56)(H,48,55)(H,49,57)(H,51,52)(H,58,59)(H4,41,42,43)/t22-,23-,24-,25-,26-,27-/m0/s1. The lowest BCUT2D eigenvalue weighted by molar-refractivity contribution is -0.143. The van der Waals surface area contributed by atoms with Gasteiger partial charge in [-0.15, -0.1) is 0 Å². The number of nitrogens with two attached hydrogens (primary N) is 6. The van der Waals surface area contributed by atoms with Gasteiger partial charge in [0, 0.05) is 6.54 Å². The highest BCUT2D eigenvalue weighted by atomic mass is 16.4. The molecule has 0 spiro atoms. The molecule has 0 saturated heterocycles. The number of aliphatic imine (C=N–C) groups is 1. The van der Waals surface area contributed by atoms with Crippen LogP contribution in [0, 0.1) is 5.92 Å². The smallest absolute Gasteiger partial charge is 0.326 e. The maximum atomic E-state index is 13.7. The van der Waals surface area contributed by atoms with Crippen molar-refractivity contribution in [2.24, 2.45) is 45.3 Å². The summed E-state index contributed by atoms with van der Waals surface area (Å²) in [5.41, 5.74) is 33.5. The Bertz CT molecular complexity index is 1380. The Morgan fingerprint density at radius 2 is 0.983 bits per heavy atom. The minimum absolute atomic E-state index is 0.0677. The first-order chi connectivity index (χ1) is 27.9. The van der Waals surface area contributed by atoms with Crippen molar-refractivity contribution in [2.45, 2.75) is 134 Å². The van der Waals surface area contributed by atoms with Gasteiger partial charge in [0.1, 0.15) is 30.2 Å². The van der Waals surface area contributed by atoms with Crippen LogP contribution in [0.5, 0.6) is 0 Å². The van der Waals surface area contributed by atoms with Crippen LogP contribution in [0.1, 0.15) is 97.3 Å². The normalized spacial score (nSPS) is 14.0. The lowest BCUT2D eigenvalue weighted by atomic mass is 10.0. The summed E-state index contributed by atoms with van der Waals surface area (Å²) < 4.78 is 0. The zero-order valence-electron chi connectivity index (χ0n) is 34.3. The SMILES string of the molecule is CC(C)C[C@H](N)C(=O)N[C@@H](CCCCN)C(=O)N[C@@H](CCCCN)C(=O)N[C@@H](CCCCN)C(=O)NCC(=O)N[C@@H](CC(=O)O)C(=O)N[C@@H](CCCN=C(N)N)C(=O)O. The van der Waals surface area contributed by atoms with E-state index in [4.69, 9.17) is 34.4 Å². The molecule has 59 heavy (non-hydrogen) atoms. The van der Waals surface area contributed by atoms with Crippen LogP contribution in [0.25, 0.3) is 0 Å². The second-order valence-electron chi connectivity index (χ2n) is 14.6. The molecular formula is C36H69N13O10. The molecule has 6 amide bonds. The minimum Gasteiger partial charge on any atom is -0.481 e. The molecule has 0 fully saturated rings. The molecular weight excluding hydrogens is 774 g/mol. The molecule has 6 atom stereocenters. The first-order valence-electron chi connectivity index (χ1n) is 20.0. The molecule has 23 nitrogen and oxygen atoms in total. The molecule has 0 aromatic carbocycles. The molecule has 0 rings (SSSR count). The molecule has 0 bridgehead atoms. The number of nitrogens with zero attached hydrogens (tertiary/aromatic N) is 1. The van der Waals surface area contributed by atoms with Gasteiger partial charge in [0.2, 0.25) is 35.4 Å². The first-order valence-corrected chi connectivity index (χ1v) is 20.0. The Balaban J connectivity index is 5.98. The van der Waals surface area contributed by atoms with Crippen LogP contribution >= 0.6 is 0 Å². The summed E-state index contributed by atoms with van der Waals surface area (Å²) in [7, 11) is 0. The molecule has 20 N–H and O–H groups in total. The van der Waals surface area contributed by atoms with Gasteiger partial charge in [-0.1, -0.05) is 13.8 Å². The molecule has 0 aliphatic rings. The average Bonchev–Trinajstić information content (AvgIpc) is 3.15. The highest BCUT2D eigenvalue weighted by Crippen LogP contribution is 2.09. The van der Waals surface area contributed by atoms with Crippen molar-refractivity contribution in [2.75, 3.05) is 32.7 Å². The van der Waals surface area contributed by atoms with Gasteiger partial charge in [0.15, 0.2) is 5.96 Å². The number of rotatable bonds is 33. The Labute approximate surface area is 345 Å². The largest absolute Gasteiger partial charge is 0.481 e. The van der Waals surface area contributed by atoms with E-state index in [1.165, 1.54) is 0 Å². The Morgan fingerprint density at radius 1 is 0.559 bits per heavy atom. The molecule has 0 aliphatic carbocycles. The lowest BCUT2D eigenvalue weighted by Gasteiger charge is -2.26. The van der Waals surface area contributed by atoms with Gasteiger partial charge in [-0.25, -0.2) is 4.79 Å². The number of aliphatic carboxylic acids is 2. The quantitative estimate of drug-likeness (QED) is 0.0170. The van der Waals surface area contributed by atoms with Crippen molar-refractivity contribution in [3.8, 4) is 0 Å². The third-order valence-electron chi connectivity index (χ3n) is 8.82. The molecule has 0 saturated carbocycles. The summed E-state index contributed by atoms with van der Waals surface area (Å²) in [5, 5.41) is 33.7. The van der Waals surface area contributed by atoms with Crippen LogP contribution in [0.2, 0.25) is 0 Å². The van der Waals surface area contributed by atoms with Crippen LogP contribution in [0.4, 0.5) is 0 Å². The van der Waals surface area contributed by atoms with Gasteiger partial charge in [0.05, 0.1) is 19.0 Å². The molecule has 0 radical (unpaired) electrons. The van der Waals surface area contributed by atoms with Crippen LogP contribution in [-0.2, 0) is 38.4 Å². The van der Waals surface area contributed by atoms with Crippen molar-refractivity contribution in [3.63, 3.8) is 0 Å². The van der Waals surface area contributed by atoms with Gasteiger partial charge in [-0.3, -0.25) is 38.6 Å². The van der Waals surface area contributed by atoms with Crippen molar-refractivity contribution in [3.05, 3.63) is 0 Å². The second kappa shape index (κ2) is 30.9. The fourth-order valence-electron chi connectivity index (χ4n) is 5.68. The van der Waals surface area contributed by atoms with Gasteiger partial charge in [0.25, 0.3) is 0 Å². The van der Waals surface area contributed by atoms with E-state index in [2.05, 4.69) is 36.9 Å². The molecule has 23 heteroatoms. The number of carboxylic acids is 2. The van der Waals surface area contributed by atoms with E-state index in [0.717, 1.165) is 0 Å². The van der Waals surface area contributed by atoms with Gasteiger partial charge < -0.3 is 76.5 Å². The predicted octanol–water partition coefficient (Wildman–Crippen LogP) is -4.10. The molecule has 0 aromatic heterocycles. The zero-order chi connectivity index (χ0) is 44.9. The van der Waals surface area contributed by atoms with E-state index in [1.54, 1.807) is 0 Å². The minimum atomic E-state index is -1.72. The van der Waals surface area contributed by atoms with E-state index in [1.807, 2.05) is 13.8 Å². The number of hydrogen-bond acceptors (Lipinski definition) is 13. The number of carbonyl (C=O) groups excluding carboxylic acids is 6. The van der Waals surface area contributed by atoms with E-state index in [9.17, 15) is 48.6 Å². The number of nitrogens with one attached hydrogen (secondary N) is 6. The predicted molar refractivity (Wildman–Crippen MR) is 219 cm³/mol. The van der Waals surface area contributed by atoms with Crippen LogP contribution in [0.15, 0.2) is 4.99 Å². The van der Waals surface area contributed by atoms with Crippen molar-refractivity contribution in [1.29, 1.82) is 0 Å². The van der Waals surface area contributed by atoms with Gasteiger partial charge in [-0.05, 0) is 103 Å². The second-order valence-corrected chi connectivity index (χ2v) is 14.6. The maximum Gasteiger partial charge on any atom is 0.326 e. The summed E-state index contributed by atoms with van der Waals surface area (Å²) in [6.45, 7) is 4.09. The highest BCUT2D eigenvalue weighted by molar-refractivity contribution is 5.96. The number of guanidine groups is 1. The number of unbranched alkanes of at least 4 members (excludes halogenated alkanes) is 3. The lowest BCUT2D eigenvalue weighted by Crippen LogP contribution is -2.58. The maximum absolute atomic E-state index is 13.7. The fraction of sp³-hybridized carbons (Fsp3) is 0.750. The molecule has 338 valence electrons. The summed E-state index contributed by atoms with van der Waals surface area (Å²) in [5.74, 6) is -7.77. The van der Waals surface area contributed by atoms with Gasteiger partial charge >= 0.3 is 11.9 Å². The fourth-order valence-corrected chi connectivity index (χ4v) is 5.68. The monoisotopic (exact) mass is 844 g/mol. The van der Waals surface area contributed by atoms with E-state index in [0.29, 0.717) is 58.0 Å². The number of amides is 6. The summed E-state index contributed by atoms with van der Waals surface area (Å²) in [4.78, 5) is 106. The van der Waals surface area contributed by atoms with Crippen molar-refractivity contribution >= 4 is 53.3 Å². The summed E-state index contributed by atoms with van der Waals surface area (Å²) >= 11 is 0. The Hall–Kier alpha value is -5.13. The topological polar surface area (TPSA) is 418 Å². The number of carboxylic acid groups (broad SMARTS) is 2. The van der Waals surface area contributed by atoms with Crippen LogP contribution in [-0.4, -0.2) is 133 Å². The highest BCUT2D eigenvalue weighted by Gasteiger charge is 2.32. The summed E-state index contributed by atoms with van der Waals surface area (Å²) in [6.07, 6.45) is 2.85. The third-order valence-corrected chi connectivity index (χ3v) is 8.82. The molecule has 0 unspecified atom stereocenters. The van der Waals surface area contributed by atoms with Crippen LogP contribution < -0.4 is 66.3 Å². The van der Waals surface area contributed by atoms with Gasteiger partial charge in [-0.2, -0.15) is 0 Å². The molecule has 0 heterocycles. The van der Waals surface area contributed by atoms with Crippen molar-refractivity contribution in [1.82, 2.24) is 31.9 Å². The Kier molecular flexibility index (Phi) is 28.2. The van der Waals surface area contributed by atoms with Crippen LogP contribution in [0.3, 0.4) is 0 Å². The first kappa shape index (κ1) is 53.9. The summed E-state index contributed by atoms with van der Waals surface area (Å²) in [6, 6.07) is -7.45. The zero-order valence-corrected chi connectivity index (χ0v) is 34.3. The van der Waals surface area contributed by atoms with E-state index < -0.39 is 96.6 Å². The van der Waals surface area contributed by atoms with E-state index in [-0.39, 0.29) is 57.1 Å². The number of carbonyl (C=O) groups is 8. The third kappa shape index (κ3) is 25.1. The molecule has 0 aromatic rings. The molecule has 0 aliphatic heterocycles. The Morgan fingerprint density at radius 3 is 1.41 bits per heavy atom.